The number of carbonyl (C=O) groups excluding carboxylic acids is 2. The SMILES string of the molecule is CC.C[C-]1C=CC=C(/C=C/C(=O)c2cc(NC=O)ccc2O)C=C1.[Re]. The van der Waals surface area contributed by atoms with E-state index in [9.17, 15) is 14.7 Å². The van der Waals surface area contributed by atoms with Crippen molar-refractivity contribution in [2.75, 3.05) is 5.32 Å². The summed E-state index contributed by atoms with van der Waals surface area (Å²) >= 11 is 0. The second-order valence-electron chi connectivity index (χ2n) is 4.79. The predicted octanol–water partition coefficient (Wildman–Crippen LogP) is 4.37. The molecule has 0 fully saturated rings. The van der Waals surface area contributed by atoms with Crippen LogP contribution in [0.2, 0.25) is 0 Å². The summed E-state index contributed by atoms with van der Waals surface area (Å²) in [5.74, 6) is 0.659. The molecule has 2 N–H and O–H groups in total. The second-order valence-corrected chi connectivity index (χ2v) is 4.79. The van der Waals surface area contributed by atoms with Crippen LogP contribution in [0.25, 0.3) is 0 Å². The maximum Gasteiger partial charge on any atom is 0.211 e. The quantitative estimate of drug-likeness (QED) is 0.203. The van der Waals surface area contributed by atoms with Gasteiger partial charge in [0.15, 0.2) is 5.78 Å². The molecule has 1 aromatic carbocycles. The number of allylic oxidation sites excluding steroid dienone is 8. The number of carbonyl (C=O) groups is 2. The molecule has 0 saturated heterocycles. The van der Waals surface area contributed by atoms with E-state index in [4.69, 9.17) is 0 Å². The largest absolute Gasteiger partial charge is 0.507 e. The number of rotatable bonds is 5. The number of phenolic OH excluding ortho intramolecular Hbond substituents is 1. The van der Waals surface area contributed by atoms with Gasteiger partial charge in [0.05, 0.1) is 5.56 Å². The van der Waals surface area contributed by atoms with Crippen LogP contribution in [0.3, 0.4) is 0 Å². The Labute approximate surface area is 162 Å². The Bertz CT molecular complexity index is 703. The van der Waals surface area contributed by atoms with Crippen LogP contribution >= 0.6 is 0 Å². The summed E-state index contributed by atoms with van der Waals surface area (Å²) in [6.45, 7) is 5.99. The molecule has 0 atom stereocenters. The molecule has 0 heterocycles. The molecule has 1 aromatic rings. The van der Waals surface area contributed by atoms with E-state index in [1.807, 2.05) is 51.2 Å². The zero-order valence-electron chi connectivity index (χ0n) is 14.5. The Balaban J connectivity index is 0.00000185. The van der Waals surface area contributed by atoms with E-state index >= 15 is 0 Å². The van der Waals surface area contributed by atoms with E-state index in [1.54, 1.807) is 6.08 Å². The van der Waals surface area contributed by atoms with Crippen molar-refractivity contribution >= 4 is 17.9 Å². The average molecular weight is 511 g/mol. The molecule has 0 aromatic heterocycles. The molecule has 4 nitrogen and oxygen atoms in total. The molecule has 133 valence electrons. The smallest absolute Gasteiger partial charge is 0.211 e. The van der Waals surface area contributed by atoms with Crippen molar-refractivity contribution in [3.63, 3.8) is 0 Å². The minimum atomic E-state index is -0.338. The van der Waals surface area contributed by atoms with Crippen LogP contribution in [0, 0.1) is 5.92 Å². The number of benzene rings is 1. The summed E-state index contributed by atoms with van der Waals surface area (Å²) in [4.78, 5) is 22.6. The van der Waals surface area contributed by atoms with Crippen LogP contribution in [0.5, 0.6) is 5.75 Å². The van der Waals surface area contributed by atoms with Gasteiger partial charge in [-0.1, -0.05) is 32.4 Å². The molecule has 1 aliphatic carbocycles. The Morgan fingerprint density at radius 2 is 1.96 bits per heavy atom. The van der Waals surface area contributed by atoms with Crippen molar-refractivity contribution in [3.05, 3.63) is 77.8 Å². The van der Waals surface area contributed by atoms with E-state index in [0.29, 0.717) is 12.1 Å². The van der Waals surface area contributed by atoms with Gasteiger partial charge < -0.3 is 10.4 Å². The minimum Gasteiger partial charge on any atom is -0.507 e. The number of aromatic hydroxyl groups is 1. The first-order valence-corrected chi connectivity index (χ1v) is 7.76. The summed E-state index contributed by atoms with van der Waals surface area (Å²) in [6.07, 6.45) is 13.2. The first kappa shape index (κ1) is 22.7. The third-order valence-corrected chi connectivity index (χ3v) is 3.10. The number of amides is 1. The molecule has 1 radical (unpaired) electrons. The first-order valence-electron chi connectivity index (χ1n) is 7.76. The average Bonchev–Trinajstić information content (AvgIpc) is 2.81. The zero-order chi connectivity index (χ0) is 17.9. The summed E-state index contributed by atoms with van der Waals surface area (Å²) in [5.41, 5.74) is 1.47. The fourth-order valence-corrected chi connectivity index (χ4v) is 1.91. The standard InChI is InChI=1S/C18H16NO3.C2H6.Re/c1-13-3-2-4-14(6-5-13)7-9-17(21)16-11-15(19-12-20)8-10-18(16)22;1-2;/h2-12,22H,1H3,(H,19,20);1-2H3;/q-1;;/b9-7+;;. The number of phenols is 1. The van der Waals surface area contributed by atoms with Crippen LogP contribution in [0.15, 0.2) is 66.3 Å². The van der Waals surface area contributed by atoms with E-state index in [-0.39, 0.29) is 37.5 Å². The molecule has 1 aliphatic rings. The second kappa shape index (κ2) is 12.1. The Morgan fingerprint density at radius 3 is 2.64 bits per heavy atom. The molecule has 25 heavy (non-hydrogen) atoms. The van der Waals surface area contributed by atoms with E-state index in [0.717, 1.165) is 11.5 Å². The number of nitrogens with one attached hydrogen (secondary N) is 1. The topological polar surface area (TPSA) is 66.4 Å². The van der Waals surface area contributed by atoms with Gasteiger partial charge in [-0.25, -0.2) is 0 Å². The molecular formula is C20H22NO3Re-. The molecule has 0 aliphatic heterocycles. The maximum absolute atomic E-state index is 12.2. The van der Waals surface area contributed by atoms with Crippen LogP contribution in [-0.4, -0.2) is 17.3 Å². The minimum absolute atomic E-state index is 0. The molecule has 0 saturated carbocycles. The van der Waals surface area contributed by atoms with Gasteiger partial charge >= 0.3 is 0 Å². The van der Waals surface area contributed by atoms with Gasteiger partial charge in [-0.15, -0.1) is 6.08 Å². The van der Waals surface area contributed by atoms with Crippen molar-refractivity contribution in [1.82, 2.24) is 0 Å². The molecule has 5 heteroatoms. The van der Waals surface area contributed by atoms with E-state index in [1.165, 1.54) is 24.3 Å². The van der Waals surface area contributed by atoms with Crippen LogP contribution < -0.4 is 5.32 Å². The van der Waals surface area contributed by atoms with Gasteiger partial charge in [0.25, 0.3) is 0 Å². The Morgan fingerprint density at radius 1 is 1.24 bits per heavy atom. The maximum atomic E-state index is 12.2. The molecule has 2 rings (SSSR count). The zero-order valence-corrected chi connectivity index (χ0v) is 17.2. The van der Waals surface area contributed by atoms with Gasteiger partial charge in [0.2, 0.25) is 6.41 Å². The van der Waals surface area contributed by atoms with Crippen molar-refractivity contribution in [2.24, 2.45) is 0 Å². The van der Waals surface area contributed by atoms with Crippen molar-refractivity contribution in [1.29, 1.82) is 0 Å². The fraction of sp³-hybridized carbons (Fsp3) is 0.150. The third kappa shape index (κ3) is 7.38. The van der Waals surface area contributed by atoms with Crippen molar-refractivity contribution < 1.29 is 35.1 Å². The van der Waals surface area contributed by atoms with Gasteiger partial charge in [0, 0.05) is 26.1 Å². The monoisotopic (exact) mass is 511 g/mol. The molecule has 0 spiro atoms. The molecule has 0 bridgehead atoms. The predicted molar refractivity (Wildman–Crippen MR) is 97.9 cm³/mol. The summed E-state index contributed by atoms with van der Waals surface area (Å²) in [7, 11) is 0. The summed E-state index contributed by atoms with van der Waals surface area (Å²) in [5, 5.41) is 12.2. The first-order chi connectivity index (χ1) is 11.6. The number of ketones is 1. The molecule has 1 amide bonds. The summed E-state index contributed by atoms with van der Waals surface area (Å²) < 4.78 is 0. The van der Waals surface area contributed by atoms with Gasteiger partial charge in [-0.05, 0) is 24.3 Å². The van der Waals surface area contributed by atoms with Gasteiger partial charge in [-0.2, -0.15) is 30.2 Å². The van der Waals surface area contributed by atoms with Crippen LogP contribution in [0.4, 0.5) is 5.69 Å². The normalized spacial score (nSPS) is 12.4. The van der Waals surface area contributed by atoms with Crippen molar-refractivity contribution in [3.8, 4) is 5.75 Å². The van der Waals surface area contributed by atoms with Crippen LogP contribution in [-0.2, 0) is 25.2 Å². The third-order valence-electron chi connectivity index (χ3n) is 3.10. The van der Waals surface area contributed by atoms with Gasteiger partial charge in [0.1, 0.15) is 5.75 Å². The molecule has 0 unspecified atom stereocenters. The fourth-order valence-electron chi connectivity index (χ4n) is 1.91. The Hall–Kier alpha value is -2.35. The van der Waals surface area contributed by atoms with E-state index in [2.05, 4.69) is 5.32 Å². The molecular weight excluding hydrogens is 488 g/mol. The van der Waals surface area contributed by atoms with Crippen molar-refractivity contribution in [2.45, 2.75) is 20.8 Å². The number of hydrogen-bond acceptors (Lipinski definition) is 3. The number of anilines is 1. The van der Waals surface area contributed by atoms with Gasteiger partial charge in [-0.3, -0.25) is 9.59 Å². The van der Waals surface area contributed by atoms with E-state index < -0.39 is 0 Å². The summed E-state index contributed by atoms with van der Waals surface area (Å²) in [6, 6.07) is 4.33. The Kier molecular flexibility index (Phi) is 10.9. The van der Waals surface area contributed by atoms with Crippen LogP contribution in [0.1, 0.15) is 31.1 Å². The number of hydrogen-bond donors (Lipinski definition) is 2.